The molecule has 2 heterocycles. The van der Waals surface area contributed by atoms with E-state index in [2.05, 4.69) is 38.2 Å². The molecule has 0 spiro atoms. The highest BCUT2D eigenvalue weighted by Crippen LogP contribution is 2.29. The fourth-order valence-electron chi connectivity index (χ4n) is 1.85. The highest BCUT2D eigenvalue weighted by Gasteiger charge is 2.24. The predicted molar refractivity (Wildman–Crippen MR) is 83.6 cm³/mol. The van der Waals surface area contributed by atoms with Crippen LogP contribution in [0.1, 0.15) is 5.69 Å². The first-order valence-electron chi connectivity index (χ1n) is 5.73. The second kappa shape index (κ2) is 5.00. The molecular formula is C14H10IN3O. The fraction of sp³-hybridized carbons (Fsp3) is 0. The van der Waals surface area contributed by atoms with Gasteiger partial charge < -0.3 is 10.6 Å². The molecule has 0 unspecified atom stereocenters. The van der Waals surface area contributed by atoms with Crippen molar-refractivity contribution in [2.45, 2.75) is 0 Å². The average Bonchev–Trinajstić information content (AvgIpc) is 2.74. The normalized spacial score (nSPS) is 15.2. The van der Waals surface area contributed by atoms with E-state index < -0.39 is 0 Å². The molecule has 1 amide bonds. The van der Waals surface area contributed by atoms with E-state index in [1.165, 1.54) is 3.57 Å². The monoisotopic (exact) mass is 363 g/mol. The lowest BCUT2D eigenvalue weighted by atomic mass is 10.2. The third-order valence-corrected chi connectivity index (χ3v) is 3.50. The van der Waals surface area contributed by atoms with E-state index in [1.54, 1.807) is 18.5 Å². The molecule has 0 bridgehead atoms. The zero-order valence-corrected chi connectivity index (χ0v) is 12.0. The summed E-state index contributed by atoms with van der Waals surface area (Å²) < 4.78 is 1.17. The van der Waals surface area contributed by atoms with Gasteiger partial charge in [0.15, 0.2) is 0 Å². The second-order valence-corrected chi connectivity index (χ2v) is 5.31. The van der Waals surface area contributed by atoms with Crippen molar-refractivity contribution in [2.24, 2.45) is 0 Å². The Hall–Kier alpha value is -1.89. The van der Waals surface area contributed by atoms with Crippen LogP contribution in [0.3, 0.4) is 0 Å². The number of halogens is 1. The van der Waals surface area contributed by atoms with Gasteiger partial charge in [0.05, 0.1) is 11.3 Å². The van der Waals surface area contributed by atoms with Crippen molar-refractivity contribution in [1.82, 2.24) is 4.98 Å². The molecule has 4 nitrogen and oxygen atoms in total. The molecule has 0 fully saturated rings. The maximum atomic E-state index is 11.8. The summed E-state index contributed by atoms with van der Waals surface area (Å²) in [4.78, 5) is 16.1. The summed E-state index contributed by atoms with van der Waals surface area (Å²) in [5.74, 6) is -0.133. The third kappa shape index (κ3) is 2.46. The van der Waals surface area contributed by atoms with E-state index in [-0.39, 0.29) is 5.91 Å². The van der Waals surface area contributed by atoms with Gasteiger partial charge in [0.25, 0.3) is 5.91 Å². The number of hydrogen-bond acceptors (Lipinski definition) is 3. The standard InChI is InChI=1S/C14H10IN3O/c15-9-3-5-10(6-4-9)17-8-11-13-12(18-14(11)19)2-1-7-16-13/h1-8,17H,(H,18,19). The maximum Gasteiger partial charge on any atom is 0.259 e. The number of nitrogens with zero attached hydrogens (tertiary/aromatic N) is 1. The van der Waals surface area contributed by atoms with Gasteiger partial charge >= 0.3 is 0 Å². The molecule has 5 heteroatoms. The van der Waals surface area contributed by atoms with E-state index in [0.717, 1.165) is 11.4 Å². The number of hydrogen-bond donors (Lipinski definition) is 2. The highest BCUT2D eigenvalue weighted by molar-refractivity contribution is 14.1. The Labute approximate surface area is 124 Å². The SMILES string of the molecule is O=C1Nc2cccnc2C1=CNc1ccc(I)cc1. The smallest absolute Gasteiger partial charge is 0.259 e. The lowest BCUT2D eigenvalue weighted by molar-refractivity contribution is -0.110. The zero-order chi connectivity index (χ0) is 13.2. The molecule has 1 aliphatic rings. The Bertz CT molecular complexity index is 665. The lowest BCUT2D eigenvalue weighted by Gasteiger charge is -2.02. The maximum absolute atomic E-state index is 11.8. The molecular weight excluding hydrogens is 353 g/mol. The number of anilines is 2. The van der Waals surface area contributed by atoms with Gasteiger partial charge in [0.2, 0.25) is 0 Å². The quantitative estimate of drug-likeness (QED) is 0.637. The minimum Gasteiger partial charge on any atom is -0.361 e. The van der Waals surface area contributed by atoms with Crippen LogP contribution >= 0.6 is 22.6 Å². The van der Waals surface area contributed by atoms with E-state index in [4.69, 9.17) is 0 Å². The molecule has 3 rings (SSSR count). The Morgan fingerprint density at radius 2 is 2.00 bits per heavy atom. The van der Waals surface area contributed by atoms with Gasteiger partial charge in [0, 0.05) is 21.7 Å². The second-order valence-electron chi connectivity index (χ2n) is 4.06. The molecule has 0 saturated carbocycles. The number of pyridine rings is 1. The van der Waals surface area contributed by atoms with Crippen molar-refractivity contribution in [3.8, 4) is 0 Å². The Morgan fingerprint density at radius 1 is 1.21 bits per heavy atom. The van der Waals surface area contributed by atoms with Gasteiger partial charge in [-0.25, -0.2) is 0 Å². The number of nitrogens with one attached hydrogen (secondary N) is 2. The molecule has 94 valence electrons. The number of fused-ring (bicyclic) bond motifs is 1. The molecule has 19 heavy (non-hydrogen) atoms. The Morgan fingerprint density at radius 3 is 2.79 bits per heavy atom. The van der Waals surface area contributed by atoms with Crippen LogP contribution in [0.5, 0.6) is 0 Å². The van der Waals surface area contributed by atoms with Gasteiger partial charge in [0.1, 0.15) is 5.69 Å². The van der Waals surface area contributed by atoms with Gasteiger partial charge in [-0.1, -0.05) is 0 Å². The summed E-state index contributed by atoms with van der Waals surface area (Å²) in [7, 11) is 0. The lowest BCUT2D eigenvalue weighted by Crippen LogP contribution is -2.05. The zero-order valence-electron chi connectivity index (χ0n) is 9.85. The highest BCUT2D eigenvalue weighted by atomic mass is 127. The molecule has 1 aromatic heterocycles. The predicted octanol–water partition coefficient (Wildman–Crippen LogP) is 3.09. The summed E-state index contributed by atoms with van der Waals surface area (Å²) >= 11 is 2.25. The average molecular weight is 363 g/mol. The first kappa shape index (κ1) is 12.2. The van der Waals surface area contributed by atoms with Crippen molar-refractivity contribution in [3.63, 3.8) is 0 Å². The number of carbonyl (C=O) groups is 1. The van der Waals surface area contributed by atoms with E-state index >= 15 is 0 Å². The van der Waals surface area contributed by atoms with Crippen LogP contribution in [0.25, 0.3) is 5.57 Å². The summed E-state index contributed by atoms with van der Waals surface area (Å²) in [6.45, 7) is 0. The topological polar surface area (TPSA) is 54.0 Å². The minimum atomic E-state index is -0.133. The van der Waals surface area contributed by atoms with Crippen LogP contribution in [0, 0.1) is 3.57 Å². The van der Waals surface area contributed by atoms with Gasteiger partial charge in [-0.15, -0.1) is 0 Å². The van der Waals surface area contributed by atoms with Crippen molar-refractivity contribution in [3.05, 3.63) is 58.1 Å². The number of aromatic nitrogens is 1. The Kier molecular flexibility index (Phi) is 3.20. The van der Waals surface area contributed by atoms with E-state index in [9.17, 15) is 4.79 Å². The van der Waals surface area contributed by atoms with Crippen LogP contribution in [0.4, 0.5) is 11.4 Å². The van der Waals surface area contributed by atoms with Crippen molar-refractivity contribution in [1.29, 1.82) is 0 Å². The van der Waals surface area contributed by atoms with Gasteiger partial charge in [-0.05, 0) is 59.0 Å². The number of rotatable bonds is 2. The summed E-state index contributed by atoms with van der Waals surface area (Å²) in [6, 6.07) is 11.6. The largest absolute Gasteiger partial charge is 0.361 e. The van der Waals surface area contributed by atoms with Crippen LogP contribution in [-0.4, -0.2) is 10.9 Å². The number of benzene rings is 1. The fourth-order valence-corrected chi connectivity index (χ4v) is 2.21. The van der Waals surface area contributed by atoms with Crippen LogP contribution < -0.4 is 10.6 Å². The van der Waals surface area contributed by atoms with Crippen molar-refractivity contribution >= 4 is 45.4 Å². The van der Waals surface area contributed by atoms with Crippen LogP contribution in [0.15, 0.2) is 48.8 Å². The van der Waals surface area contributed by atoms with Crippen LogP contribution in [0.2, 0.25) is 0 Å². The molecule has 1 aliphatic heterocycles. The third-order valence-electron chi connectivity index (χ3n) is 2.78. The van der Waals surface area contributed by atoms with E-state index in [0.29, 0.717) is 11.3 Å². The van der Waals surface area contributed by atoms with Gasteiger partial charge in [-0.2, -0.15) is 0 Å². The van der Waals surface area contributed by atoms with Gasteiger partial charge in [-0.3, -0.25) is 9.78 Å². The molecule has 0 aliphatic carbocycles. The number of amides is 1. The summed E-state index contributed by atoms with van der Waals surface area (Å²) in [5.41, 5.74) is 2.92. The van der Waals surface area contributed by atoms with Crippen molar-refractivity contribution < 1.29 is 4.79 Å². The van der Waals surface area contributed by atoms with Crippen LogP contribution in [-0.2, 0) is 4.79 Å². The molecule has 2 N–H and O–H groups in total. The number of carbonyl (C=O) groups excluding carboxylic acids is 1. The van der Waals surface area contributed by atoms with E-state index in [1.807, 2.05) is 30.3 Å². The molecule has 2 aromatic rings. The minimum absolute atomic E-state index is 0.133. The molecule has 1 aromatic carbocycles. The molecule has 0 saturated heterocycles. The Balaban J connectivity index is 1.88. The van der Waals surface area contributed by atoms with Crippen molar-refractivity contribution in [2.75, 3.05) is 10.6 Å². The molecule has 0 radical (unpaired) electrons. The summed E-state index contributed by atoms with van der Waals surface area (Å²) in [6.07, 6.45) is 3.37. The first-order valence-corrected chi connectivity index (χ1v) is 6.81. The summed E-state index contributed by atoms with van der Waals surface area (Å²) in [5, 5.41) is 5.90. The first-order chi connectivity index (χ1) is 9.24. The molecule has 0 atom stereocenters.